The van der Waals surface area contributed by atoms with Crippen LogP contribution in [0.25, 0.3) is 0 Å². The molecule has 1 aliphatic heterocycles. The van der Waals surface area contributed by atoms with Gasteiger partial charge in [0.05, 0.1) is 4.90 Å². The van der Waals surface area contributed by atoms with Crippen molar-refractivity contribution < 1.29 is 21.6 Å². The molecule has 2 N–H and O–H groups in total. The van der Waals surface area contributed by atoms with Crippen LogP contribution in [0.15, 0.2) is 53.6 Å². The fourth-order valence-electron chi connectivity index (χ4n) is 3.82. The monoisotopic (exact) mass is 506 g/mol. The summed E-state index contributed by atoms with van der Waals surface area (Å²) in [5.74, 6) is -3.82. The normalized spacial score (nSPS) is 15.4. The summed E-state index contributed by atoms with van der Waals surface area (Å²) in [5.41, 5.74) is 0.524. The number of nitrogens with zero attached hydrogens (tertiary/aromatic N) is 4. The molecule has 3 aromatic rings. The maximum absolute atomic E-state index is 13.4. The Morgan fingerprint density at radius 3 is 2.23 bits per heavy atom. The van der Waals surface area contributed by atoms with Crippen LogP contribution in [0.5, 0.6) is 0 Å². The Kier molecular flexibility index (Phi) is 7.24. The van der Waals surface area contributed by atoms with E-state index in [4.69, 9.17) is 0 Å². The van der Waals surface area contributed by atoms with Crippen molar-refractivity contribution in [2.75, 3.05) is 37.8 Å². The molecule has 4 rings (SSSR count). The molecule has 186 valence electrons. The quantitative estimate of drug-likeness (QED) is 0.467. The number of halogens is 3. The third-order valence-corrected chi connectivity index (χ3v) is 7.83. The van der Waals surface area contributed by atoms with E-state index in [9.17, 15) is 21.6 Å². The maximum Gasteiger partial charge on any atom is 0.243 e. The van der Waals surface area contributed by atoms with E-state index >= 15 is 0 Å². The van der Waals surface area contributed by atoms with Crippen LogP contribution in [0, 0.1) is 17.5 Å². The molecule has 0 radical (unpaired) electrons. The maximum atomic E-state index is 13.4. The van der Waals surface area contributed by atoms with E-state index in [0.717, 1.165) is 38.1 Å². The minimum absolute atomic E-state index is 0.0191. The van der Waals surface area contributed by atoms with Gasteiger partial charge < -0.3 is 15.5 Å². The average molecular weight is 507 g/mol. The number of hydrogen-bond donors (Lipinski definition) is 2. The first-order valence-corrected chi connectivity index (χ1v) is 12.4. The zero-order valence-electron chi connectivity index (χ0n) is 19.2. The van der Waals surface area contributed by atoms with E-state index in [0.29, 0.717) is 5.69 Å². The molecule has 0 amide bonds. The molecule has 0 saturated carbocycles. The first kappa shape index (κ1) is 24.9. The molecule has 0 unspecified atom stereocenters. The minimum Gasteiger partial charge on any atom is -0.340 e. The summed E-state index contributed by atoms with van der Waals surface area (Å²) in [6, 6.07) is 9.28. The Morgan fingerprint density at radius 2 is 1.60 bits per heavy atom. The summed E-state index contributed by atoms with van der Waals surface area (Å²) in [6.45, 7) is 1.71. The van der Waals surface area contributed by atoms with E-state index in [-0.39, 0.29) is 28.4 Å². The first-order valence-electron chi connectivity index (χ1n) is 10.9. The molecule has 8 nitrogen and oxygen atoms in total. The summed E-state index contributed by atoms with van der Waals surface area (Å²) in [7, 11) is -0.00342. The van der Waals surface area contributed by atoms with Gasteiger partial charge in [0.1, 0.15) is 5.82 Å². The molecule has 0 bridgehead atoms. The van der Waals surface area contributed by atoms with Crippen LogP contribution in [0.2, 0.25) is 0 Å². The van der Waals surface area contributed by atoms with Gasteiger partial charge in [-0.1, -0.05) is 0 Å². The number of aromatic nitrogens is 2. The fourth-order valence-corrected chi connectivity index (χ4v) is 5.24. The van der Waals surface area contributed by atoms with E-state index in [1.807, 2.05) is 7.05 Å². The molecule has 12 heteroatoms. The minimum atomic E-state index is -3.64. The van der Waals surface area contributed by atoms with E-state index in [2.05, 4.69) is 25.5 Å². The second-order valence-corrected chi connectivity index (χ2v) is 10.3. The highest BCUT2D eigenvalue weighted by atomic mass is 32.2. The molecule has 1 saturated heterocycles. The predicted molar refractivity (Wildman–Crippen MR) is 127 cm³/mol. The number of anilines is 4. The number of rotatable bonds is 7. The van der Waals surface area contributed by atoms with Gasteiger partial charge in [-0.15, -0.1) is 0 Å². The number of sulfonamides is 1. The van der Waals surface area contributed by atoms with Crippen molar-refractivity contribution in [3.05, 3.63) is 66.1 Å². The predicted octanol–water partition coefficient (Wildman–Crippen LogP) is 4.10. The molecule has 1 fully saturated rings. The van der Waals surface area contributed by atoms with Gasteiger partial charge in [-0.3, -0.25) is 0 Å². The highest BCUT2D eigenvalue weighted by Gasteiger charge is 2.30. The van der Waals surface area contributed by atoms with Gasteiger partial charge in [0.25, 0.3) is 0 Å². The molecular weight excluding hydrogens is 481 g/mol. The Hall–Kier alpha value is -3.22. The van der Waals surface area contributed by atoms with Crippen molar-refractivity contribution in [3.8, 4) is 0 Å². The number of likely N-dealkylation sites (tertiary alicyclic amines) is 1. The summed E-state index contributed by atoms with van der Waals surface area (Å²) in [4.78, 5) is 10.7. The third-order valence-electron chi connectivity index (χ3n) is 5.90. The molecule has 1 aliphatic rings. The zero-order chi connectivity index (χ0) is 25.2. The van der Waals surface area contributed by atoms with E-state index in [1.54, 1.807) is 19.2 Å². The second-order valence-electron chi connectivity index (χ2n) is 8.35. The molecule has 0 atom stereocenters. The summed E-state index contributed by atoms with van der Waals surface area (Å²) in [6.07, 6.45) is 2.98. The fraction of sp³-hybridized carbons (Fsp3) is 0.304. The zero-order valence-corrected chi connectivity index (χ0v) is 20.0. The lowest BCUT2D eigenvalue weighted by molar-refractivity contribution is 0.197. The number of hydrogen-bond acceptors (Lipinski definition) is 7. The van der Waals surface area contributed by atoms with Gasteiger partial charge in [0.2, 0.25) is 16.0 Å². The summed E-state index contributed by atoms with van der Waals surface area (Å²) in [5, 5.41) is 5.64. The number of benzene rings is 2. The van der Waals surface area contributed by atoms with Crippen LogP contribution in [-0.2, 0) is 10.0 Å². The smallest absolute Gasteiger partial charge is 0.243 e. The summed E-state index contributed by atoms with van der Waals surface area (Å²) >= 11 is 0. The topological polar surface area (TPSA) is 90.5 Å². The molecule has 0 aliphatic carbocycles. The Labute approximate surface area is 201 Å². The van der Waals surface area contributed by atoms with Crippen molar-refractivity contribution >= 4 is 33.2 Å². The van der Waals surface area contributed by atoms with Gasteiger partial charge in [-0.25, -0.2) is 26.6 Å². The van der Waals surface area contributed by atoms with E-state index < -0.39 is 27.5 Å². The lowest BCUT2D eigenvalue weighted by atomic mass is 10.1. The van der Waals surface area contributed by atoms with Crippen LogP contribution >= 0.6 is 0 Å². The van der Waals surface area contributed by atoms with Crippen molar-refractivity contribution in [2.24, 2.45) is 0 Å². The highest BCUT2D eigenvalue weighted by molar-refractivity contribution is 7.89. The molecule has 0 spiro atoms. The SMILES string of the molecule is CN1CCC(N(C)S(=O)(=O)c2ccc(Nc3nccc(Nc4cc(F)c(F)c(F)c4)n3)cc2)CC1. The summed E-state index contributed by atoms with van der Waals surface area (Å²) < 4.78 is 67.6. The highest BCUT2D eigenvalue weighted by Crippen LogP contribution is 2.25. The van der Waals surface area contributed by atoms with Crippen molar-refractivity contribution in [1.82, 2.24) is 19.2 Å². The van der Waals surface area contributed by atoms with Crippen LogP contribution in [-0.4, -0.2) is 60.8 Å². The Morgan fingerprint density at radius 1 is 0.971 bits per heavy atom. The van der Waals surface area contributed by atoms with Gasteiger partial charge in [0, 0.05) is 42.8 Å². The molecule has 1 aromatic heterocycles. The molecule has 35 heavy (non-hydrogen) atoms. The standard InChI is InChI=1S/C23H25F3N6O2S/c1-31-11-8-17(9-12-31)32(2)35(33,34)18-5-3-15(4-6-18)29-23-27-10-7-21(30-23)28-16-13-19(24)22(26)20(25)14-16/h3-7,10,13-14,17H,8-9,11-12H2,1-2H3,(H2,27,28,29,30). The van der Waals surface area contributed by atoms with Gasteiger partial charge in [-0.05, 0) is 63.3 Å². The van der Waals surface area contributed by atoms with Crippen LogP contribution in [0.1, 0.15) is 12.8 Å². The van der Waals surface area contributed by atoms with E-state index in [1.165, 1.54) is 28.7 Å². The number of piperidine rings is 1. The number of nitrogens with one attached hydrogen (secondary N) is 2. The van der Waals surface area contributed by atoms with Crippen LogP contribution < -0.4 is 10.6 Å². The Bertz CT molecular complexity index is 1280. The molecule has 2 aromatic carbocycles. The van der Waals surface area contributed by atoms with Gasteiger partial charge in [0.15, 0.2) is 17.5 Å². The largest absolute Gasteiger partial charge is 0.340 e. The van der Waals surface area contributed by atoms with Crippen molar-refractivity contribution in [1.29, 1.82) is 0 Å². The second kappa shape index (κ2) is 10.2. The first-order chi connectivity index (χ1) is 16.6. The lowest BCUT2D eigenvalue weighted by Gasteiger charge is -2.34. The van der Waals surface area contributed by atoms with Gasteiger partial charge >= 0.3 is 0 Å². The molecular formula is C23H25F3N6O2S. The van der Waals surface area contributed by atoms with Crippen LogP contribution in [0.4, 0.5) is 36.3 Å². The average Bonchev–Trinajstić information content (AvgIpc) is 2.83. The Balaban J connectivity index is 1.44. The molecule has 2 heterocycles. The van der Waals surface area contributed by atoms with Crippen LogP contribution in [0.3, 0.4) is 0 Å². The van der Waals surface area contributed by atoms with Gasteiger partial charge in [-0.2, -0.15) is 9.29 Å². The van der Waals surface area contributed by atoms with Crippen molar-refractivity contribution in [3.63, 3.8) is 0 Å². The van der Waals surface area contributed by atoms with Crippen molar-refractivity contribution in [2.45, 2.75) is 23.8 Å². The lowest BCUT2D eigenvalue weighted by Crippen LogP contribution is -2.44. The third kappa shape index (κ3) is 5.72.